The SMILES string of the molecule is CCCCCCCCCCNC1CCOC(CC)C1. The van der Waals surface area contributed by atoms with Crippen molar-refractivity contribution in [1.82, 2.24) is 5.32 Å². The minimum absolute atomic E-state index is 0.504. The van der Waals surface area contributed by atoms with E-state index in [1.807, 2.05) is 0 Å². The van der Waals surface area contributed by atoms with Gasteiger partial charge in [0.2, 0.25) is 0 Å². The van der Waals surface area contributed by atoms with Gasteiger partial charge in [-0.3, -0.25) is 0 Å². The van der Waals surface area contributed by atoms with Crippen LogP contribution in [-0.4, -0.2) is 25.3 Å². The molecule has 0 radical (unpaired) electrons. The number of nitrogens with one attached hydrogen (secondary N) is 1. The Morgan fingerprint density at radius 3 is 2.32 bits per heavy atom. The van der Waals surface area contributed by atoms with Crippen molar-refractivity contribution in [3.05, 3.63) is 0 Å². The molecule has 19 heavy (non-hydrogen) atoms. The Bertz CT molecular complexity index is 196. The van der Waals surface area contributed by atoms with Crippen LogP contribution in [0.15, 0.2) is 0 Å². The fourth-order valence-corrected chi connectivity index (χ4v) is 2.92. The molecule has 1 N–H and O–H groups in total. The lowest BCUT2D eigenvalue weighted by atomic mass is 10.0. The summed E-state index contributed by atoms with van der Waals surface area (Å²) in [5.41, 5.74) is 0. The highest BCUT2D eigenvalue weighted by molar-refractivity contribution is 4.75. The molecule has 2 nitrogen and oxygen atoms in total. The monoisotopic (exact) mass is 269 g/mol. The smallest absolute Gasteiger partial charge is 0.0587 e. The minimum Gasteiger partial charge on any atom is -0.378 e. The van der Waals surface area contributed by atoms with E-state index in [0.717, 1.165) is 13.0 Å². The summed E-state index contributed by atoms with van der Waals surface area (Å²) in [6.45, 7) is 6.67. The topological polar surface area (TPSA) is 21.3 Å². The van der Waals surface area contributed by atoms with Crippen molar-refractivity contribution in [3.63, 3.8) is 0 Å². The van der Waals surface area contributed by atoms with Crippen LogP contribution in [0.25, 0.3) is 0 Å². The van der Waals surface area contributed by atoms with Gasteiger partial charge in [0.05, 0.1) is 6.10 Å². The van der Waals surface area contributed by atoms with Crippen molar-refractivity contribution < 1.29 is 4.74 Å². The van der Waals surface area contributed by atoms with Crippen LogP contribution in [0.4, 0.5) is 0 Å². The van der Waals surface area contributed by atoms with Crippen LogP contribution in [-0.2, 0) is 4.74 Å². The Hall–Kier alpha value is -0.0800. The molecule has 1 saturated heterocycles. The largest absolute Gasteiger partial charge is 0.378 e. The van der Waals surface area contributed by atoms with Gasteiger partial charge in [0.1, 0.15) is 0 Å². The fraction of sp³-hybridized carbons (Fsp3) is 1.00. The summed E-state index contributed by atoms with van der Waals surface area (Å²) in [6.07, 6.45) is 15.4. The van der Waals surface area contributed by atoms with Gasteiger partial charge in [0, 0.05) is 12.6 Å². The van der Waals surface area contributed by atoms with Crippen LogP contribution < -0.4 is 5.32 Å². The predicted octanol–water partition coefficient (Wildman–Crippen LogP) is 4.67. The molecule has 1 rings (SSSR count). The Morgan fingerprint density at radius 2 is 1.63 bits per heavy atom. The van der Waals surface area contributed by atoms with Crippen LogP contribution in [0, 0.1) is 0 Å². The van der Waals surface area contributed by atoms with E-state index in [1.54, 1.807) is 0 Å². The van der Waals surface area contributed by atoms with E-state index in [1.165, 1.54) is 70.8 Å². The molecule has 0 spiro atoms. The lowest BCUT2D eigenvalue weighted by Crippen LogP contribution is -2.39. The van der Waals surface area contributed by atoms with Gasteiger partial charge in [-0.25, -0.2) is 0 Å². The lowest BCUT2D eigenvalue weighted by molar-refractivity contribution is -0.00000142. The number of hydrogen-bond acceptors (Lipinski definition) is 2. The molecule has 0 aromatic rings. The molecular weight excluding hydrogens is 234 g/mol. The van der Waals surface area contributed by atoms with Crippen LogP contribution >= 0.6 is 0 Å². The summed E-state index contributed by atoms with van der Waals surface area (Å²) in [6, 6.07) is 0.711. The van der Waals surface area contributed by atoms with Gasteiger partial charge in [-0.2, -0.15) is 0 Å². The summed E-state index contributed by atoms with van der Waals surface area (Å²) in [7, 11) is 0. The standard InChI is InChI=1S/C17H35NO/c1-3-5-6-7-8-9-10-11-13-18-16-12-14-19-17(4-2)15-16/h16-18H,3-15H2,1-2H3. The molecule has 1 fully saturated rings. The van der Waals surface area contributed by atoms with Crippen molar-refractivity contribution >= 4 is 0 Å². The second-order valence-electron chi connectivity index (χ2n) is 6.05. The van der Waals surface area contributed by atoms with Crippen molar-refractivity contribution in [1.29, 1.82) is 0 Å². The maximum absolute atomic E-state index is 5.71. The molecule has 0 bridgehead atoms. The summed E-state index contributed by atoms with van der Waals surface area (Å²) < 4.78 is 5.71. The maximum Gasteiger partial charge on any atom is 0.0587 e. The van der Waals surface area contributed by atoms with Crippen LogP contribution in [0.5, 0.6) is 0 Å². The maximum atomic E-state index is 5.71. The van der Waals surface area contributed by atoms with Gasteiger partial charge < -0.3 is 10.1 Å². The van der Waals surface area contributed by atoms with Gasteiger partial charge in [0.25, 0.3) is 0 Å². The fourth-order valence-electron chi connectivity index (χ4n) is 2.92. The summed E-state index contributed by atoms with van der Waals surface area (Å²) >= 11 is 0. The van der Waals surface area contributed by atoms with Gasteiger partial charge in [0.15, 0.2) is 0 Å². The minimum atomic E-state index is 0.504. The first-order valence-electron chi connectivity index (χ1n) is 8.71. The van der Waals surface area contributed by atoms with E-state index < -0.39 is 0 Å². The quantitative estimate of drug-likeness (QED) is 0.550. The first kappa shape index (κ1) is 17.0. The zero-order valence-electron chi connectivity index (χ0n) is 13.3. The summed E-state index contributed by atoms with van der Waals surface area (Å²) in [5, 5.41) is 3.72. The van der Waals surface area contributed by atoms with E-state index >= 15 is 0 Å². The van der Waals surface area contributed by atoms with Crippen molar-refractivity contribution in [2.24, 2.45) is 0 Å². The second-order valence-corrected chi connectivity index (χ2v) is 6.05. The van der Waals surface area contributed by atoms with E-state index in [-0.39, 0.29) is 0 Å². The normalized spacial score (nSPS) is 23.7. The van der Waals surface area contributed by atoms with Gasteiger partial charge >= 0.3 is 0 Å². The number of unbranched alkanes of at least 4 members (excludes halogenated alkanes) is 7. The molecule has 0 aromatic carbocycles. The first-order valence-corrected chi connectivity index (χ1v) is 8.71. The third-order valence-electron chi connectivity index (χ3n) is 4.29. The molecule has 1 heterocycles. The second kappa shape index (κ2) is 11.7. The first-order chi connectivity index (χ1) is 9.36. The van der Waals surface area contributed by atoms with Crippen molar-refractivity contribution in [3.8, 4) is 0 Å². The van der Waals surface area contributed by atoms with Crippen molar-refractivity contribution in [2.45, 2.75) is 96.6 Å². The van der Waals surface area contributed by atoms with Crippen LogP contribution in [0.3, 0.4) is 0 Å². The Kier molecular flexibility index (Phi) is 10.5. The van der Waals surface area contributed by atoms with Crippen LogP contribution in [0.2, 0.25) is 0 Å². The Labute approximate surface area is 120 Å². The van der Waals surface area contributed by atoms with E-state index in [2.05, 4.69) is 19.2 Å². The zero-order valence-corrected chi connectivity index (χ0v) is 13.3. The molecule has 0 amide bonds. The molecule has 2 heteroatoms. The highest BCUT2D eigenvalue weighted by Gasteiger charge is 2.20. The van der Waals surface area contributed by atoms with E-state index in [9.17, 15) is 0 Å². The molecule has 0 aromatic heterocycles. The number of ether oxygens (including phenoxy) is 1. The number of hydrogen-bond donors (Lipinski definition) is 1. The molecule has 2 unspecified atom stereocenters. The van der Waals surface area contributed by atoms with E-state index in [4.69, 9.17) is 4.74 Å². The summed E-state index contributed by atoms with van der Waals surface area (Å²) in [5.74, 6) is 0. The zero-order chi connectivity index (χ0) is 13.8. The van der Waals surface area contributed by atoms with Crippen LogP contribution in [0.1, 0.15) is 84.5 Å². The molecular formula is C17H35NO. The Balaban J connectivity index is 1.85. The molecule has 0 saturated carbocycles. The highest BCUT2D eigenvalue weighted by atomic mass is 16.5. The summed E-state index contributed by atoms with van der Waals surface area (Å²) in [4.78, 5) is 0. The highest BCUT2D eigenvalue weighted by Crippen LogP contribution is 2.16. The molecule has 2 atom stereocenters. The van der Waals surface area contributed by atoms with Gasteiger partial charge in [-0.1, -0.05) is 58.8 Å². The molecule has 114 valence electrons. The average molecular weight is 269 g/mol. The molecule has 0 aliphatic carbocycles. The number of rotatable bonds is 11. The lowest BCUT2D eigenvalue weighted by Gasteiger charge is -2.29. The molecule has 1 aliphatic rings. The van der Waals surface area contributed by atoms with Gasteiger partial charge in [-0.05, 0) is 32.2 Å². The van der Waals surface area contributed by atoms with E-state index in [0.29, 0.717) is 12.1 Å². The third kappa shape index (κ3) is 8.65. The third-order valence-corrected chi connectivity index (χ3v) is 4.29. The van der Waals surface area contributed by atoms with Gasteiger partial charge in [-0.15, -0.1) is 0 Å². The molecule has 1 aliphatic heterocycles. The average Bonchev–Trinajstić information content (AvgIpc) is 2.46. The van der Waals surface area contributed by atoms with Crippen molar-refractivity contribution in [2.75, 3.05) is 13.2 Å². The Morgan fingerprint density at radius 1 is 0.947 bits per heavy atom. The predicted molar refractivity (Wildman–Crippen MR) is 83.7 cm³/mol.